The summed E-state index contributed by atoms with van der Waals surface area (Å²) in [7, 11) is 0. The first kappa shape index (κ1) is 47.0. The van der Waals surface area contributed by atoms with Gasteiger partial charge in [0, 0.05) is 24.9 Å². The second kappa shape index (κ2) is 25.7. The molecule has 322 valence electrons. The Bertz CT molecular complexity index is 2030. The third-order valence-electron chi connectivity index (χ3n) is 8.72. The highest BCUT2D eigenvalue weighted by Gasteiger charge is 2.29. The highest BCUT2D eigenvalue weighted by atomic mass is 32.2. The van der Waals surface area contributed by atoms with Gasteiger partial charge in [-0.1, -0.05) is 121 Å². The minimum Gasteiger partial charge on any atom is -0.459 e. The van der Waals surface area contributed by atoms with E-state index < -0.39 is 65.9 Å². The van der Waals surface area contributed by atoms with Crippen LogP contribution in [0.2, 0.25) is 0 Å². The highest BCUT2D eigenvalue weighted by Crippen LogP contribution is 2.12. The van der Waals surface area contributed by atoms with Crippen molar-refractivity contribution in [2.75, 3.05) is 11.5 Å². The van der Waals surface area contributed by atoms with Crippen LogP contribution in [0.25, 0.3) is 0 Å². The van der Waals surface area contributed by atoms with Gasteiger partial charge in [-0.15, -0.1) is 0 Å². The number of ether oxygens (including phenoxy) is 4. The molecule has 0 aliphatic heterocycles. The zero-order valence-electron chi connectivity index (χ0n) is 33.9. The lowest BCUT2D eigenvalue weighted by Gasteiger charge is -2.23. The van der Waals surface area contributed by atoms with Gasteiger partial charge in [-0.2, -0.15) is 11.8 Å². The van der Waals surface area contributed by atoms with Gasteiger partial charge in [0.2, 0.25) is 17.7 Å². The lowest BCUT2D eigenvalue weighted by Crippen LogP contribution is -2.52. The average Bonchev–Trinajstić information content (AvgIpc) is 3.27. The fourth-order valence-corrected chi connectivity index (χ4v) is 6.55. The Balaban J connectivity index is 1.42. The molecule has 0 fully saturated rings. The predicted molar refractivity (Wildman–Crippen MR) is 226 cm³/mol. The topological polar surface area (TPSA) is 205 Å². The van der Waals surface area contributed by atoms with Crippen molar-refractivity contribution in [1.82, 2.24) is 21.3 Å². The zero-order chi connectivity index (χ0) is 43.8. The molecule has 0 saturated heterocycles. The second-order valence-electron chi connectivity index (χ2n) is 13.7. The Kier molecular flexibility index (Phi) is 19.8. The minimum absolute atomic E-state index is 0.0261. The lowest BCUT2D eigenvalue weighted by molar-refractivity contribution is -0.149. The highest BCUT2D eigenvalue weighted by molar-refractivity contribution is 7.99. The van der Waals surface area contributed by atoms with E-state index in [-0.39, 0.29) is 50.8 Å². The van der Waals surface area contributed by atoms with Crippen molar-refractivity contribution in [3.05, 3.63) is 144 Å². The summed E-state index contributed by atoms with van der Waals surface area (Å²) in [5.74, 6) is -4.41. The van der Waals surface area contributed by atoms with Crippen LogP contribution < -0.4 is 21.3 Å². The molecule has 0 aromatic heterocycles. The van der Waals surface area contributed by atoms with Crippen LogP contribution in [0.5, 0.6) is 0 Å². The number of hydrogen-bond acceptors (Lipinski definition) is 12. The van der Waals surface area contributed by atoms with Crippen molar-refractivity contribution in [3.8, 4) is 0 Å². The van der Waals surface area contributed by atoms with Gasteiger partial charge in [-0.05, 0) is 35.6 Å². The molecule has 0 saturated carbocycles. The van der Waals surface area contributed by atoms with E-state index >= 15 is 0 Å². The third-order valence-corrected chi connectivity index (χ3v) is 9.85. The van der Waals surface area contributed by atoms with E-state index in [1.54, 1.807) is 97.1 Å². The quantitative estimate of drug-likeness (QED) is 0.0601. The number of alkyl carbamates (subject to hydrolysis) is 1. The van der Waals surface area contributed by atoms with Crippen molar-refractivity contribution in [3.63, 3.8) is 0 Å². The van der Waals surface area contributed by atoms with Gasteiger partial charge in [0.05, 0.1) is 0 Å². The van der Waals surface area contributed by atoms with Crippen molar-refractivity contribution >= 4 is 53.5 Å². The first-order valence-electron chi connectivity index (χ1n) is 19.5. The zero-order valence-corrected chi connectivity index (χ0v) is 34.7. The van der Waals surface area contributed by atoms with Crippen LogP contribution in [0.15, 0.2) is 121 Å². The maximum absolute atomic E-state index is 13.7. The summed E-state index contributed by atoms with van der Waals surface area (Å²) in [4.78, 5) is 91.0. The molecule has 4 N–H and O–H groups in total. The molecule has 4 amide bonds. The number of hydrogen-bond donors (Lipinski definition) is 4. The first-order valence-corrected chi connectivity index (χ1v) is 20.7. The molecule has 4 aromatic carbocycles. The van der Waals surface area contributed by atoms with Crippen LogP contribution in [-0.2, 0) is 74.1 Å². The molecular formula is C45H50N4O11S. The molecular weight excluding hydrogens is 805 g/mol. The van der Waals surface area contributed by atoms with Crippen LogP contribution in [0.3, 0.4) is 0 Å². The lowest BCUT2D eigenvalue weighted by atomic mass is 10.1. The normalized spacial score (nSPS) is 12.6. The number of nitrogens with one attached hydrogen (secondary N) is 4. The number of carbonyl (C=O) groups is 7. The predicted octanol–water partition coefficient (Wildman–Crippen LogP) is 4.52. The maximum atomic E-state index is 13.7. The van der Waals surface area contributed by atoms with E-state index in [1.807, 2.05) is 24.3 Å². The number of rotatable bonds is 23. The average molecular weight is 855 g/mol. The molecule has 0 radical (unpaired) electrons. The molecule has 4 atom stereocenters. The SMILES string of the molecule is CC(=O)N[C@H](CCC(=O)N[C@H](CSC[C@H](NC(=O)OCc1ccccc1)C(=O)OCc1ccccc1)C(=O)N[C@H](C)C(=O)OCc1ccccc1)C(=O)OCc1ccccc1. The molecule has 61 heavy (non-hydrogen) atoms. The van der Waals surface area contributed by atoms with Gasteiger partial charge in [0.25, 0.3) is 0 Å². The summed E-state index contributed by atoms with van der Waals surface area (Å²) in [6.07, 6.45) is -1.35. The number of amides is 4. The molecule has 15 nitrogen and oxygen atoms in total. The Morgan fingerprint density at radius 3 is 1.36 bits per heavy atom. The molecule has 16 heteroatoms. The first-order chi connectivity index (χ1) is 29.5. The Hall–Kier alpha value is -6.68. The number of thioether (sulfide) groups is 1. The standard InChI is InChI=1S/C45H50N4O11S/c1-31(42(53)57-25-33-15-7-3-8-16-33)46-41(52)38(48-40(51)24-23-37(47-32(2)50)43(54)58-26-34-17-9-4-10-18-34)29-61-30-39(44(55)59-27-35-19-11-5-12-20-35)49-45(56)60-28-36-21-13-6-14-22-36/h3-22,31,37-39H,23-30H2,1-2H3,(H,46,52)(H,47,50)(H,48,51)(H,49,56)/t31-,37-,38-,39+/m1/s1. The smallest absolute Gasteiger partial charge is 0.408 e. The van der Waals surface area contributed by atoms with E-state index in [2.05, 4.69) is 21.3 Å². The largest absolute Gasteiger partial charge is 0.459 e. The molecule has 0 aliphatic rings. The molecule has 4 rings (SSSR count). The molecule has 0 heterocycles. The summed E-state index contributed by atoms with van der Waals surface area (Å²) < 4.78 is 21.6. The number of esters is 3. The molecule has 0 spiro atoms. The number of benzene rings is 4. The summed E-state index contributed by atoms with van der Waals surface area (Å²) in [6, 6.07) is 31.0. The van der Waals surface area contributed by atoms with Crippen LogP contribution in [0, 0.1) is 0 Å². The molecule has 0 aliphatic carbocycles. The van der Waals surface area contributed by atoms with E-state index in [9.17, 15) is 33.6 Å². The van der Waals surface area contributed by atoms with Crippen LogP contribution >= 0.6 is 11.8 Å². The van der Waals surface area contributed by atoms with Crippen molar-refractivity contribution in [2.24, 2.45) is 0 Å². The summed E-state index contributed by atoms with van der Waals surface area (Å²) in [5, 5.41) is 10.3. The molecule has 0 bridgehead atoms. The minimum atomic E-state index is -1.28. The van der Waals surface area contributed by atoms with Gasteiger partial charge in [-0.3, -0.25) is 14.4 Å². The van der Waals surface area contributed by atoms with Gasteiger partial charge >= 0.3 is 24.0 Å². The van der Waals surface area contributed by atoms with Crippen LogP contribution in [0.4, 0.5) is 4.79 Å². The third kappa shape index (κ3) is 18.0. The van der Waals surface area contributed by atoms with Gasteiger partial charge in [0.1, 0.15) is 50.6 Å². The Morgan fingerprint density at radius 1 is 0.492 bits per heavy atom. The van der Waals surface area contributed by atoms with Gasteiger partial charge in [-0.25, -0.2) is 19.2 Å². The summed E-state index contributed by atoms with van der Waals surface area (Å²) in [5.41, 5.74) is 2.91. The molecule has 0 unspecified atom stereocenters. The van der Waals surface area contributed by atoms with E-state index in [0.717, 1.165) is 34.0 Å². The van der Waals surface area contributed by atoms with Crippen LogP contribution in [-0.4, -0.2) is 77.4 Å². The van der Waals surface area contributed by atoms with E-state index in [0.29, 0.717) is 0 Å². The molecule has 4 aromatic rings. The van der Waals surface area contributed by atoms with E-state index in [4.69, 9.17) is 18.9 Å². The summed E-state index contributed by atoms with van der Waals surface area (Å²) in [6.45, 7) is 2.46. The van der Waals surface area contributed by atoms with Crippen molar-refractivity contribution in [1.29, 1.82) is 0 Å². The van der Waals surface area contributed by atoms with Gasteiger partial charge < -0.3 is 40.2 Å². The summed E-state index contributed by atoms with van der Waals surface area (Å²) >= 11 is 1.04. The van der Waals surface area contributed by atoms with Gasteiger partial charge in [0.15, 0.2) is 0 Å². The maximum Gasteiger partial charge on any atom is 0.408 e. The van der Waals surface area contributed by atoms with Crippen molar-refractivity contribution in [2.45, 2.75) is 77.3 Å². The second-order valence-corrected chi connectivity index (χ2v) is 14.8. The number of carbonyl (C=O) groups excluding carboxylic acids is 7. The fourth-order valence-electron chi connectivity index (χ4n) is 5.48. The van der Waals surface area contributed by atoms with Crippen molar-refractivity contribution < 1.29 is 52.5 Å². The fraction of sp³-hybridized carbons (Fsp3) is 0.311. The monoisotopic (exact) mass is 854 g/mol. The Labute approximate surface area is 358 Å². The van der Waals surface area contributed by atoms with Crippen LogP contribution in [0.1, 0.15) is 48.9 Å². The van der Waals surface area contributed by atoms with E-state index in [1.165, 1.54) is 13.8 Å². The Morgan fingerprint density at radius 2 is 0.902 bits per heavy atom.